The van der Waals surface area contributed by atoms with Crippen LogP contribution in [0.5, 0.6) is 0 Å². The molecule has 0 bridgehead atoms. The number of benzene rings is 8. The molecule has 8 fully saturated rings. The molecule has 24 nitrogen and oxygen atoms in total. The van der Waals surface area contributed by atoms with E-state index in [0.29, 0.717) is 88.1 Å². The zero-order valence-corrected chi connectivity index (χ0v) is 94.2. The molecule has 808 valence electrons. The highest BCUT2D eigenvalue weighted by atomic mass is 35.5. The predicted molar refractivity (Wildman–Crippen MR) is 590 cm³/mol. The van der Waals surface area contributed by atoms with Crippen molar-refractivity contribution in [1.82, 2.24) is 21.3 Å². The summed E-state index contributed by atoms with van der Waals surface area (Å²) < 4.78 is 0. The molecule has 20 N–H and O–H groups in total. The molecule has 0 aliphatic heterocycles. The van der Waals surface area contributed by atoms with Crippen LogP contribution in [0.15, 0.2) is 194 Å². The number of carbonyl (C=O) groups is 8. The van der Waals surface area contributed by atoms with Crippen molar-refractivity contribution in [2.75, 3.05) is 28.2 Å². The molecular formula is C116H152Cl8N8O16. The summed E-state index contributed by atoms with van der Waals surface area (Å²) in [4.78, 5) is 100. The van der Waals surface area contributed by atoms with Gasteiger partial charge in [0.15, 0.2) is 46.3 Å². The lowest BCUT2D eigenvalue weighted by Gasteiger charge is -2.45. The molecule has 0 heterocycles. The average Bonchev–Trinajstić information content (AvgIpc) is 0.721. The quantitative estimate of drug-likeness (QED) is 0.0540. The Morgan fingerprint density at radius 1 is 0.196 bits per heavy atom. The van der Waals surface area contributed by atoms with Gasteiger partial charge in [-0.05, 0) is 267 Å². The third kappa shape index (κ3) is 23.8. The van der Waals surface area contributed by atoms with Crippen LogP contribution in [0.25, 0.3) is 0 Å². The van der Waals surface area contributed by atoms with Crippen LogP contribution in [0.1, 0.15) is 207 Å². The number of rotatable bonds is 12. The number of aliphatic hydroxyl groups excluding tert-OH is 8. The molecule has 0 spiro atoms. The number of hydrogen-bond donors (Lipinski definition) is 16. The normalized spacial score (nSPS) is 36.1. The molecule has 32 heteroatoms. The molecule has 148 heavy (non-hydrogen) atoms. The van der Waals surface area contributed by atoms with E-state index in [1.165, 1.54) is 0 Å². The van der Waals surface area contributed by atoms with E-state index in [9.17, 15) is 79.2 Å². The van der Waals surface area contributed by atoms with Crippen LogP contribution in [0.3, 0.4) is 0 Å². The SMILES string of the molecule is CN[C@@]1(c2ccccc2Cl)C(=O)[C@@H](O)[C@@H](C)C[C@H]1C.CN[C@@]1(c2ccccc2Cl)C(=O)[C@@H](O)[C@H](C)C[C@@H]1C.CN[C@]1(c2ccccc2Cl)C(=O)[C@H](O)[C@@H](C)C[C@H]1C.CN[C@]1(c2ccccc2Cl)C(=O)[C@H](O)[C@H](C)C[C@@H]1C.C[C@@H]1C[C@H](C)[C@@H](O)C(=O)[C@]1(N)c1ccccc1Cl.C[C@@H]1C[C@H](C)[C@@](N)(c2ccccc2Cl)C(=O)[C@@H]1O.C[C@@H]1C[C@H](C)[C@H](O)C(=O)[C@@]1(N)c1ccccc1Cl.C[C@@H]1C[C@H](C)[C@](N)(c2ccccc2Cl)C(=O)[C@H]1O. The van der Waals surface area contributed by atoms with Crippen molar-refractivity contribution in [1.29, 1.82) is 0 Å². The second-order valence-electron chi connectivity index (χ2n) is 42.9. The highest BCUT2D eigenvalue weighted by Gasteiger charge is 2.60. The number of halogens is 8. The first-order valence-corrected chi connectivity index (χ1v) is 54.1. The number of likely N-dealkylation sites (N-methyl/N-ethyl adjacent to an activating group) is 4. The summed E-state index contributed by atoms with van der Waals surface area (Å²) in [5.41, 5.74) is 22.4. The van der Waals surface area contributed by atoms with Gasteiger partial charge in [-0.15, -0.1) is 0 Å². The Hall–Kier alpha value is -7.20. The first-order chi connectivity index (χ1) is 69.3. The first kappa shape index (κ1) is 124. The molecule has 0 radical (unpaired) electrons. The van der Waals surface area contributed by atoms with Crippen molar-refractivity contribution in [3.05, 3.63) is 279 Å². The Labute approximate surface area is 912 Å². The van der Waals surface area contributed by atoms with E-state index in [1.807, 2.05) is 184 Å². The van der Waals surface area contributed by atoms with Gasteiger partial charge in [0.2, 0.25) is 0 Å². The van der Waals surface area contributed by atoms with Crippen LogP contribution >= 0.6 is 92.8 Å². The molecule has 0 unspecified atom stereocenters. The smallest absolute Gasteiger partial charge is 0.186 e. The van der Waals surface area contributed by atoms with Crippen molar-refractivity contribution in [3.8, 4) is 0 Å². The van der Waals surface area contributed by atoms with Crippen LogP contribution < -0.4 is 44.2 Å². The van der Waals surface area contributed by atoms with E-state index >= 15 is 0 Å². The number of Topliss-reactive ketones (excluding diaryl/α,β-unsaturated/α-hetero) is 8. The number of ketones is 8. The Bertz CT molecular complexity index is 5290. The number of nitrogens with two attached hydrogens (primary N) is 4. The van der Waals surface area contributed by atoms with Crippen molar-refractivity contribution in [2.45, 2.75) is 255 Å². The summed E-state index contributed by atoms with van der Waals surface area (Å²) in [6.07, 6.45) is -1.91. The van der Waals surface area contributed by atoms with Gasteiger partial charge in [0.05, 0.1) is 0 Å². The van der Waals surface area contributed by atoms with Crippen LogP contribution in [-0.2, 0) is 82.7 Å². The Kier molecular flexibility index (Phi) is 43.2. The molecule has 16 rings (SSSR count). The minimum Gasteiger partial charge on any atom is -0.385 e. The minimum atomic E-state index is -1.19. The summed E-state index contributed by atoms with van der Waals surface area (Å²) in [5.74, 6) is -2.33. The van der Waals surface area contributed by atoms with Gasteiger partial charge in [-0.3, -0.25) is 38.4 Å². The number of nitrogens with one attached hydrogen (secondary N) is 4. The van der Waals surface area contributed by atoms with Gasteiger partial charge in [0.25, 0.3) is 0 Å². The summed E-state index contributed by atoms with van der Waals surface area (Å²) >= 11 is 49.7. The molecule has 0 aromatic heterocycles. The van der Waals surface area contributed by atoms with E-state index in [0.717, 1.165) is 47.9 Å². The fraction of sp³-hybridized carbons (Fsp3) is 0.517. The second-order valence-corrected chi connectivity index (χ2v) is 46.2. The van der Waals surface area contributed by atoms with Gasteiger partial charge in [0.1, 0.15) is 93.1 Å². The molecule has 0 amide bonds. The van der Waals surface area contributed by atoms with E-state index in [1.54, 1.807) is 150 Å². The van der Waals surface area contributed by atoms with Crippen LogP contribution in [0.4, 0.5) is 0 Å². The number of aliphatic hydroxyl groups is 8. The maximum Gasteiger partial charge on any atom is 0.186 e. The fourth-order valence-corrected chi connectivity index (χ4v) is 26.7. The lowest BCUT2D eigenvalue weighted by Crippen LogP contribution is -2.61. The summed E-state index contributed by atoms with van der Waals surface area (Å²) in [7, 11) is 7.00. The molecule has 8 aromatic carbocycles. The Balaban J connectivity index is 0.000000188. The van der Waals surface area contributed by atoms with E-state index < -0.39 is 93.1 Å². The maximum absolute atomic E-state index is 12.7. The van der Waals surface area contributed by atoms with Crippen LogP contribution in [-0.4, -0.2) is 164 Å². The van der Waals surface area contributed by atoms with Gasteiger partial charge in [0, 0.05) is 40.2 Å². The largest absolute Gasteiger partial charge is 0.385 e. The summed E-state index contributed by atoms with van der Waals surface area (Å²) in [6.45, 7) is 30.9. The summed E-state index contributed by atoms with van der Waals surface area (Å²) in [5, 5.41) is 97.2. The van der Waals surface area contributed by atoms with Crippen molar-refractivity contribution in [3.63, 3.8) is 0 Å². The van der Waals surface area contributed by atoms with Gasteiger partial charge >= 0.3 is 0 Å². The molecule has 8 saturated carbocycles. The summed E-state index contributed by atoms with van der Waals surface area (Å²) in [6, 6.07) is 57.7. The molecular weight excluding hydrogens is 2040 g/mol. The zero-order valence-electron chi connectivity index (χ0n) is 88.2. The molecule has 8 aliphatic carbocycles. The van der Waals surface area contributed by atoms with E-state index in [2.05, 4.69) is 21.3 Å². The number of hydrogen-bond acceptors (Lipinski definition) is 24. The molecule has 8 aliphatic rings. The van der Waals surface area contributed by atoms with E-state index in [-0.39, 0.29) is 141 Å². The van der Waals surface area contributed by atoms with Gasteiger partial charge < -0.3 is 85.1 Å². The second kappa shape index (κ2) is 51.4. The molecule has 0 saturated heterocycles. The lowest BCUT2D eigenvalue weighted by molar-refractivity contribution is -0.145. The van der Waals surface area contributed by atoms with Gasteiger partial charge in [-0.1, -0.05) is 349 Å². The predicted octanol–water partition coefficient (Wildman–Crippen LogP) is 17.8. The van der Waals surface area contributed by atoms with Gasteiger partial charge in [-0.2, -0.15) is 0 Å². The first-order valence-electron chi connectivity index (χ1n) is 51.0. The highest BCUT2D eigenvalue weighted by molar-refractivity contribution is 6.35. The third-order valence-electron chi connectivity index (χ3n) is 33.6. The monoisotopic (exact) mass is 2190 g/mol. The van der Waals surface area contributed by atoms with E-state index in [4.69, 9.17) is 116 Å². The average molecular weight is 2200 g/mol. The Morgan fingerprint density at radius 2 is 0.304 bits per heavy atom. The molecule has 8 aromatic rings. The molecule has 32 atom stereocenters. The zero-order chi connectivity index (χ0) is 111. The van der Waals surface area contributed by atoms with Gasteiger partial charge in [-0.25, -0.2) is 0 Å². The lowest BCUT2D eigenvalue weighted by atomic mass is 9.64. The van der Waals surface area contributed by atoms with Crippen LogP contribution in [0, 0.1) is 94.7 Å². The maximum atomic E-state index is 12.7. The minimum absolute atomic E-state index is 0.0218. The van der Waals surface area contributed by atoms with Crippen LogP contribution in [0.2, 0.25) is 40.2 Å². The third-order valence-corrected chi connectivity index (χ3v) is 36.2. The fourth-order valence-electron chi connectivity index (χ4n) is 24.4. The van der Waals surface area contributed by atoms with Crippen molar-refractivity contribution in [2.24, 2.45) is 118 Å². The Morgan fingerprint density at radius 3 is 0.426 bits per heavy atom. The topological polar surface area (TPSA) is 451 Å². The van der Waals surface area contributed by atoms with Crippen molar-refractivity contribution < 1.29 is 79.2 Å². The highest BCUT2D eigenvalue weighted by Crippen LogP contribution is 2.52. The number of carbonyl (C=O) groups excluding carboxylic acids is 8. The van der Waals surface area contributed by atoms with Crippen molar-refractivity contribution >= 4 is 139 Å². The standard InChI is InChI=1S/4C15H20ClNO2.4C14H18ClNO2/c4*1-9-8-10(2)15(17-3,14(19)13(9)18)11-6-4-5-7-12(11)16;4*1-8-7-9(2)14(16,13(18)12(8)17)10-5-3-4-6-11(10)15/h4*4-7,9-10,13,17-18H,8H2,1-3H3;4*3-6,8-9,12,17H,7,16H2,1-2H3/t2*9-,10+,13+,15+;2*9-,10+,13-,15-;2*8-,9+,12+,14+;2*8-,9+,12-,14-/m10101010/s1.